The van der Waals surface area contributed by atoms with E-state index in [9.17, 15) is 19.1 Å². The normalized spacial score (nSPS) is 17.2. The Labute approximate surface area is 128 Å². The van der Waals surface area contributed by atoms with E-state index in [1.54, 1.807) is 13.0 Å². The molecule has 2 rings (SSSR count). The molecule has 0 heterocycles. The Kier molecular flexibility index (Phi) is 4.68. The summed E-state index contributed by atoms with van der Waals surface area (Å²) in [6, 6.07) is 4.07. The standard InChI is InChI=1S/C16H20FNO4/c1-10(11-4-5-13(22-2)12(17)8-11)18-14(19)9-16(15(20)21)6-3-7-16/h4-5,8,10H,3,6-7,9H2,1-2H3,(H,18,19)(H,20,21). The van der Waals surface area contributed by atoms with Crippen LogP contribution in [0, 0.1) is 11.2 Å². The van der Waals surface area contributed by atoms with E-state index in [2.05, 4.69) is 5.32 Å². The van der Waals surface area contributed by atoms with Gasteiger partial charge in [0.25, 0.3) is 0 Å². The highest BCUT2D eigenvalue weighted by Gasteiger charge is 2.45. The van der Waals surface area contributed by atoms with Crippen molar-refractivity contribution in [3.63, 3.8) is 0 Å². The maximum Gasteiger partial charge on any atom is 0.310 e. The van der Waals surface area contributed by atoms with Gasteiger partial charge in [0.2, 0.25) is 5.91 Å². The van der Waals surface area contributed by atoms with Gasteiger partial charge in [-0.3, -0.25) is 9.59 Å². The van der Waals surface area contributed by atoms with Crippen LogP contribution in [0.25, 0.3) is 0 Å². The lowest BCUT2D eigenvalue weighted by atomic mass is 9.66. The fraction of sp³-hybridized carbons (Fsp3) is 0.500. The summed E-state index contributed by atoms with van der Waals surface area (Å²) in [6.45, 7) is 1.73. The van der Waals surface area contributed by atoms with Crippen molar-refractivity contribution in [2.45, 2.75) is 38.6 Å². The van der Waals surface area contributed by atoms with Crippen LogP contribution in [0.5, 0.6) is 5.75 Å². The van der Waals surface area contributed by atoms with Crippen LogP contribution in [0.1, 0.15) is 44.2 Å². The lowest BCUT2D eigenvalue weighted by Crippen LogP contribution is -2.43. The monoisotopic (exact) mass is 309 g/mol. The third-order valence-electron chi connectivity index (χ3n) is 4.32. The van der Waals surface area contributed by atoms with Crippen molar-refractivity contribution in [3.8, 4) is 5.75 Å². The molecule has 0 saturated heterocycles. The molecule has 2 N–H and O–H groups in total. The highest BCUT2D eigenvalue weighted by atomic mass is 19.1. The summed E-state index contributed by atoms with van der Waals surface area (Å²) < 4.78 is 18.5. The van der Waals surface area contributed by atoms with Crippen molar-refractivity contribution in [2.24, 2.45) is 5.41 Å². The van der Waals surface area contributed by atoms with E-state index in [0.29, 0.717) is 18.4 Å². The first kappa shape index (κ1) is 16.3. The Balaban J connectivity index is 1.99. The van der Waals surface area contributed by atoms with Crippen LogP contribution in [0.4, 0.5) is 4.39 Å². The Bertz CT molecular complexity index is 584. The Morgan fingerprint density at radius 1 is 1.45 bits per heavy atom. The number of carbonyl (C=O) groups excluding carboxylic acids is 1. The summed E-state index contributed by atoms with van der Waals surface area (Å²) in [6.07, 6.45) is 1.85. The molecule has 1 saturated carbocycles. The SMILES string of the molecule is COc1ccc(C(C)NC(=O)CC2(C(=O)O)CCC2)cc1F. The van der Waals surface area contributed by atoms with Gasteiger partial charge in [0.15, 0.2) is 11.6 Å². The first-order valence-corrected chi connectivity index (χ1v) is 7.24. The second-order valence-electron chi connectivity index (χ2n) is 5.80. The van der Waals surface area contributed by atoms with Crippen molar-refractivity contribution in [2.75, 3.05) is 7.11 Å². The lowest BCUT2D eigenvalue weighted by Gasteiger charge is -2.37. The molecule has 0 spiro atoms. The van der Waals surface area contributed by atoms with E-state index in [1.807, 2.05) is 0 Å². The molecular weight excluding hydrogens is 289 g/mol. The highest BCUT2D eigenvalue weighted by molar-refractivity contribution is 5.85. The molecule has 0 aromatic heterocycles. The van der Waals surface area contributed by atoms with Gasteiger partial charge in [-0.2, -0.15) is 0 Å². The summed E-state index contributed by atoms with van der Waals surface area (Å²) >= 11 is 0. The Morgan fingerprint density at radius 3 is 2.59 bits per heavy atom. The van der Waals surface area contributed by atoms with E-state index >= 15 is 0 Å². The maximum atomic E-state index is 13.7. The molecule has 120 valence electrons. The van der Waals surface area contributed by atoms with E-state index in [4.69, 9.17) is 4.74 Å². The fourth-order valence-corrected chi connectivity index (χ4v) is 2.70. The number of benzene rings is 1. The zero-order valence-electron chi connectivity index (χ0n) is 12.7. The zero-order chi connectivity index (χ0) is 16.3. The molecule has 0 radical (unpaired) electrons. The number of carboxylic acid groups (broad SMARTS) is 1. The van der Waals surface area contributed by atoms with Crippen molar-refractivity contribution >= 4 is 11.9 Å². The smallest absolute Gasteiger partial charge is 0.310 e. The van der Waals surface area contributed by atoms with E-state index in [-0.39, 0.29) is 18.1 Å². The van der Waals surface area contributed by atoms with Crippen LogP contribution in [-0.4, -0.2) is 24.1 Å². The molecule has 1 aromatic rings. The van der Waals surface area contributed by atoms with Crippen molar-refractivity contribution in [1.82, 2.24) is 5.32 Å². The second kappa shape index (κ2) is 6.34. The van der Waals surface area contributed by atoms with Gasteiger partial charge < -0.3 is 15.2 Å². The number of carbonyl (C=O) groups is 2. The van der Waals surface area contributed by atoms with Gasteiger partial charge in [0.05, 0.1) is 18.6 Å². The average molecular weight is 309 g/mol. The summed E-state index contributed by atoms with van der Waals surface area (Å²) in [5.74, 6) is -1.61. The molecule has 1 aromatic carbocycles. The number of halogens is 1. The van der Waals surface area contributed by atoms with Crippen LogP contribution >= 0.6 is 0 Å². The van der Waals surface area contributed by atoms with Crippen molar-refractivity contribution in [3.05, 3.63) is 29.6 Å². The van der Waals surface area contributed by atoms with Gasteiger partial charge >= 0.3 is 5.97 Å². The molecule has 1 unspecified atom stereocenters. The Hall–Kier alpha value is -2.11. The third-order valence-corrected chi connectivity index (χ3v) is 4.32. The fourth-order valence-electron chi connectivity index (χ4n) is 2.70. The molecule has 0 bridgehead atoms. The maximum absolute atomic E-state index is 13.7. The predicted octanol–water partition coefficient (Wildman–Crippen LogP) is 2.66. The topological polar surface area (TPSA) is 75.6 Å². The zero-order valence-corrected chi connectivity index (χ0v) is 12.7. The van der Waals surface area contributed by atoms with Gasteiger partial charge in [-0.1, -0.05) is 12.5 Å². The van der Waals surface area contributed by atoms with Crippen molar-refractivity contribution in [1.29, 1.82) is 0 Å². The molecule has 1 amide bonds. The first-order valence-electron chi connectivity index (χ1n) is 7.24. The van der Waals surface area contributed by atoms with Crippen molar-refractivity contribution < 1.29 is 23.8 Å². The lowest BCUT2D eigenvalue weighted by molar-refractivity contribution is -0.157. The summed E-state index contributed by atoms with van der Waals surface area (Å²) in [7, 11) is 1.38. The van der Waals surface area contributed by atoms with E-state index in [1.165, 1.54) is 19.2 Å². The van der Waals surface area contributed by atoms with Crippen LogP contribution in [0.3, 0.4) is 0 Å². The minimum atomic E-state index is -0.922. The number of rotatable bonds is 6. The number of hydrogen-bond acceptors (Lipinski definition) is 3. The minimum absolute atomic E-state index is 0.0364. The molecule has 5 nitrogen and oxygen atoms in total. The number of methoxy groups -OCH3 is 1. The molecule has 6 heteroatoms. The van der Waals surface area contributed by atoms with Gasteiger partial charge in [-0.25, -0.2) is 4.39 Å². The van der Waals surface area contributed by atoms with Crippen LogP contribution in [-0.2, 0) is 9.59 Å². The number of hydrogen-bond donors (Lipinski definition) is 2. The second-order valence-corrected chi connectivity index (χ2v) is 5.80. The molecule has 1 aliphatic rings. The number of nitrogens with one attached hydrogen (secondary N) is 1. The molecule has 0 aliphatic heterocycles. The van der Waals surface area contributed by atoms with E-state index < -0.39 is 23.2 Å². The van der Waals surface area contributed by atoms with Crippen LogP contribution in [0.2, 0.25) is 0 Å². The third kappa shape index (κ3) is 3.21. The molecule has 1 fully saturated rings. The summed E-state index contributed by atoms with van der Waals surface area (Å²) in [5.41, 5.74) is -0.320. The largest absolute Gasteiger partial charge is 0.494 e. The molecule has 22 heavy (non-hydrogen) atoms. The van der Waals surface area contributed by atoms with Gasteiger partial charge in [-0.15, -0.1) is 0 Å². The quantitative estimate of drug-likeness (QED) is 0.847. The molecule has 1 aliphatic carbocycles. The molecule has 1 atom stereocenters. The van der Waals surface area contributed by atoms with Gasteiger partial charge in [0, 0.05) is 6.42 Å². The number of carboxylic acids is 1. The van der Waals surface area contributed by atoms with E-state index in [0.717, 1.165) is 6.42 Å². The Morgan fingerprint density at radius 2 is 2.14 bits per heavy atom. The number of aliphatic carboxylic acids is 1. The van der Waals surface area contributed by atoms with Gasteiger partial charge in [0.1, 0.15) is 0 Å². The summed E-state index contributed by atoms with van der Waals surface area (Å²) in [4.78, 5) is 23.3. The predicted molar refractivity (Wildman–Crippen MR) is 78.0 cm³/mol. The average Bonchev–Trinajstić information content (AvgIpc) is 2.42. The summed E-state index contributed by atoms with van der Waals surface area (Å²) in [5, 5.41) is 12.0. The number of amides is 1. The number of ether oxygens (including phenoxy) is 1. The minimum Gasteiger partial charge on any atom is -0.494 e. The van der Waals surface area contributed by atoms with Gasteiger partial charge in [-0.05, 0) is 37.5 Å². The molecular formula is C16H20FNO4. The first-order chi connectivity index (χ1) is 10.4. The van der Waals surface area contributed by atoms with Crippen LogP contribution in [0.15, 0.2) is 18.2 Å². The van der Waals surface area contributed by atoms with Crippen LogP contribution < -0.4 is 10.1 Å². The highest BCUT2D eigenvalue weighted by Crippen LogP contribution is 2.44.